The summed E-state index contributed by atoms with van der Waals surface area (Å²) in [6.07, 6.45) is 0.787. The van der Waals surface area contributed by atoms with E-state index in [1.54, 1.807) is 7.11 Å². The third-order valence-corrected chi connectivity index (χ3v) is 6.09. The first kappa shape index (κ1) is 19.3. The Bertz CT molecular complexity index is 1060. The van der Waals surface area contributed by atoms with E-state index < -0.39 is 0 Å². The molecule has 29 heavy (non-hydrogen) atoms. The standard InChI is InChI=1S/C24H22N2O2S/c1-16(27)25-19-7-5-6-18(14-19)22-15-24(17-10-12-20(28-2)13-11-17)29-23-9-4-3-8-21(23)26-22/h3-14,24H,15H2,1-2H3,(H,25,27)/t24-/m1/s1. The Morgan fingerprint density at radius 3 is 2.62 bits per heavy atom. The van der Waals surface area contributed by atoms with Crippen LogP contribution in [-0.4, -0.2) is 18.7 Å². The van der Waals surface area contributed by atoms with Gasteiger partial charge >= 0.3 is 0 Å². The summed E-state index contributed by atoms with van der Waals surface area (Å²) in [7, 11) is 1.68. The number of benzene rings is 3. The molecule has 0 aromatic heterocycles. The van der Waals surface area contributed by atoms with Crippen LogP contribution in [0.2, 0.25) is 0 Å². The summed E-state index contributed by atoms with van der Waals surface area (Å²) < 4.78 is 5.31. The van der Waals surface area contributed by atoms with Crippen LogP contribution in [0.25, 0.3) is 0 Å². The number of fused-ring (bicyclic) bond motifs is 1. The number of methoxy groups -OCH3 is 1. The van der Waals surface area contributed by atoms with Gasteiger partial charge in [-0.05, 0) is 47.5 Å². The molecular weight excluding hydrogens is 380 g/mol. The Labute approximate surface area is 175 Å². The highest BCUT2D eigenvalue weighted by molar-refractivity contribution is 7.99. The fraction of sp³-hybridized carbons (Fsp3) is 0.167. The largest absolute Gasteiger partial charge is 0.497 e. The van der Waals surface area contributed by atoms with Crippen molar-refractivity contribution < 1.29 is 9.53 Å². The predicted molar refractivity (Wildman–Crippen MR) is 120 cm³/mol. The lowest BCUT2D eigenvalue weighted by molar-refractivity contribution is -0.114. The van der Waals surface area contributed by atoms with Crippen molar-refractivity contribution in [2.45, 2.75) is 23.5 Å². The van der Waals surface area contributed by atoms with Gasteiger partial charge in [-0.25, -0.2) is 0 Å². The Morgan fingerprint density at radius 2 is 1.86 bits per heavy atom. The lowest BCUT2D eigenvalue weighted by Gasteiger charge is -2.17. The van der Waals surface area contributed by atoms with Gasteiger partial charge < -0.3 is 10.1 Å². The SMILES string of the molecule is COc1ccc([C@H]2CC(c3cccc(NC(C)=O)c3)=Nc3ccccc3S2)cc1. The van der Waals surface area contributed by atoms with E-state index in [1.165, 1.54) is 17.4 Å². The Balaban J connectivity index is 1.74. The third kappa shape index (κ3) is 4.51. The first-order valence-corrected chi connectivity index (χ1v) is 10.4. The molecule has 5 heteroatoms. The zero-order valence-corrected chi connectivity index (χ0v) is 17.2. The number of nitrogens with one attached hydrogen (secondary N) is 1. The second kappa shape index (κ2) is 8.53. The van der Waals surface area contributed by atoms with Crippen LogP contribution in [0.3, 0.4) is 0 Å². The van der Waals surface area contributed by atoms with E-state index in [-0.39, 0.29) is 11.2 Å². The minimum atomic E-state index is -0.0815. The van der Waals surface area contributed by atoms with Crippen LogP contribution in [0, 0.1) is 0 Å². The number of ether oxygens (including phenoxy) is 1. The van der Waals surface area contributed by atoms with E-state index in [1.807, 2.05) is 54.2 Å². The maximum atomic E-state index is 11.5. The fourth-order valence-corrected chi connectivity index (χ4v) is 4.61. The summed E-state index contributed by atoms with van der Waals surface area (Å²) >= 11 is 1.83. The second-order valence-electron chi connectivity index (χ2n) is 6.87. The number of nitrogens with zero attached hydrogens (tertiary/aromatic N) is 1. The molecule has 4 nitrogen and oxygen atoms in total. The van der Waals surface area contributed by atoms with Crippen LogP contribution in [0.15, 0.2) is 82.7 Å². The van der Waals surface area contributed by atoms with Gasteiger partial charge in [0, 0.05) is 34.9 Å². The number of aliphatic imine (C=N–C) groups is 1. The van der Waals surface area contributed by atoms with Crippen molar-refractivity contribution in [1.82, 2.24) is 0 Å². The van der Waals surface area contributed by atoms with Crippen molar-refractivity contribution in [1.29, 1.82) is 0 Å². The molecule has 4 rings (SSSR count). The molecule has 3 aromatic rings. The van der Waals surface area contributed by atoms with Crippen molar-refractivity contribution in [2.24, 2.45) is 4.99 Å². The molecule has 1 N–H and O–H groups in total. The van der Waals surface area contributed by atoms with Crippen LogP contribution in [0.5, 0.6) is 5.75 Å². The van der Waals surface area contributed by atoms with Crippen molar-refractivity contribution in [3.8, 4) is 5.75 Å². The van der Waals surface area contributed by atoms with Crippen LogP contribution in [0.4, 0.5) is 11.4 Å². The molecule has 1 heterocycles. The summed E-state index contributed by atoms with van der Waals surface area (Å²) in [6.45, 7) is 1.52. The van der Waals surface area contributed by atoms with Gasteiger partial charge in [-0.1, -0.05) is 36.4 Å². The van der Waals surface area contributed by atoms with Gasteiger partial charge in [0.2, 0.25) is 5.91 Å². The maximum absolute atomic E-state index is 11.5. The zero-order valence-electron chi connectivity index (χ0n) is 16.4. The minimum absolute atomic E-state index is 0.0815. The van der Waals surface area contributed by atoms with Gasteiger partial charge in [0.1, 0.15) is 5.75 Å². The smallest absolute Gasteiger partial charge is 0.221 e. The van der Waals surface area contributed by atoms with Crippen LogP contribution in [-0.2, 0) is 4.79 Å². The number of carbonyl (C=O) groups is 1. The van der Waals surface area contributed by atoms with E-state index in [4.69, 9.17) is 9.73 Å². The minimum Gasteiger partial charge on any atom is -0.497 e. The molecule has 0 fully saturated rings. The van der Waals surface area contributed by atoms with Crippen LogP contribution < -0.4 is 10.1 Å². The molecular formula is C24H22N2O2S. The highest BCUT2D eigenvalue weighted by Gasteiger charge is 2.22. The molecule has 1 aliphatic heterocycles. The molecule has 0 saturated carbocycles. The van der Waals surface area contributed by atoms with Crippen molar-refractivity contribution >= 4 is 34.8 Å². The van der Waals surface area contributed by atoms with E-state index in [9.17, 15) is 4.79 Å². The van der Waals surface area contributed by atoms with Gasteiger partial charge in [-0.3, -0.25) is 9.79 Å². The molecule has 1 amide bonds. The molecule has 1 aliphatic rings. The number of carbonyl (C=O) groups excluding carboxylic acids is 1. The normalized spacial score (nSPS) is 15.7. The van der Waals surface area contributed by atoms with Gasteiger partial charge in [-0.15, -0.1) is 11.8 Å². The maximum Gasteiger partial charge on any atom is 0.221 e. The van der Waals surface area contributed by atoms with Gasteiger partial charge in [0.05, 0.1) is 12.8 Å². The number of rotatable bonds is 4. The first-order valence-electron chi connectivity index (χ1n) is 9.47. The van der Waals surface area contributed by atoms with E-state index in [2.05, 4.69) is 35.6 Å². The number of thioether (sulfide) groups is 1. The number of para-hydroxylation sites is 1. The van der Waals surface area contributed by atoms with Crippen molar-refractivity contribution in [3.63, 3.8) is 0 Å². The highest BCUT2D eigenvalue weighted by Crippen LogP contribution is 2.45. The highest BCUT2D eigenvalue weighted by atomic mass is 32.2. The summed E-state index contributed by atoms with van der Waals surface area (Å²) in [6, 6.07) is 24.4. The van der Waals surface area contributed by atoms with Gasteiger partial charge in [-0.2, -0.15) is 0 Å². The number of hydrogen-bond acceptors (Lipinski definition) is 4. The number of anilines is 1. The third-order valence-electron chi connectivity index (χ3n) is 4.77. The Morgan fingerprint density at radius 1 is 1.07 bits per heavy atom. The molecule has 0 aliphatic carbocycles. The van der Waals surface area contributed by atoms with Crippen LogP contribution in [0.1, 0.15) is 29.7 Å². The van der Waals surface area contributed by atoms with Crippen molar-refractivity contribution in [3.05, 3.63) is 83.9 Å². The Hall–Kier alpha value is -3.05. The van der Waals surface area contributed by atoms with E-state index in [0.29, 0.717) is 0 Å². The molecule has 146 valence electrons. The van der Waals surface area contributed by atoms with Gasteiger partial charge in [0.15, 0.2) is 0 Å². The summed E-state index contributed by atoms with van der Waals surface area (Å²) in [5.74, 6) is 0.770. The molecule has 0 radical (unpaired) electrons. The zero-order chi connectivity index (χ0) is 20.2. The molecule has 3 aromatic carbocycles. The Kier molecular flexibility index (Phi) is 5.67. The monoisotopic (exact) mass is 402 g/mol. The predicted octanol–water partition coefficient (Wildman–Crippen LogP) is 6.01. The van der Waals surface area contributed by atoms with E-state index in [0.717, 1.165) is 34.8 Å². The van der Waals surface area contributed by atoms with Gasteiger partial charge in [0.25, 0.3) is 0 Å². The second-order valence-corrected chi connectivity index (χ2v) is 8.12. The quantitative estimate of drug-likeness (QED) is 0.581. The summed E-state index contributed by atoms with van der Waals surface area (Å²) in [5, 5.41) is 3.09. The van der Waals surface area contributed by atoms with E-state index >= 15 is 0 Å². The summed E-state index contributed by atoms with van der Waals surface area (Å²) in [5.41, 5.74) is 5.03. The lowest BCUT2D eigenvalue weighted by Crippen LogP contribution is -2.09. The lowest BCUT2D eigenvalue weighted by atomic mass is 10.0. The number of amides is 1. The molecule has 0 unspecified atom stereocenters. The van der Waals surface area contributed by atoms with Crippen LogP contribution >= 0.6 is 11.8 Å². The summed E-state index contributed by atoms with van der Waals surface area (Å²) in [4.78, 5) is 17.6. The van der Waals surface area contributed by atoms with Crippen molar-refractivity contribution in [2.75, 3.05) is 12.4 Å². The average molecular weight is 403 g/mol. The average Bonchev–Trinajstić information content (AvgIpc) is 2.93. The molecule has 0 spiro atoms. The number of hydrogen-bond donors (Lipinski definition) is 1. The molecule has 1 atom stereocenters. The molecule has 0 saturated heterocycles. The fourth-order valence-electron chi connectivity index (χ4n) is 3.38. The molecule has 0 bridgehead atoms. The topological polar surface area (TPSA) is 50.7 Å². The first-order chi connectivity index (χ1) is 14.1.